The average molecular weight is 230 g/mol. The quantitative estimate of drug-likeness (QED) is 0.525. The Kier molecular flexibility index (Phi) is 2.69. The summed E-state index contributed by atoms with van der Waals surface area (Å²) in [5.74, 6) is 0.288. The topological polar surface area (TPSA) is 17.1 Å². The van der Waals surface area contributed by atoms with Gasteiger partial charge in [-0.2, -0.15) is 0 Å². The van der Waals surface area contributed by atoms with E-state index in [1.165, 1.54) is 0 Å². The number of carbonyl (C=O) groups excluding carboxylic acids is 1. The van der Waals surface area contributed by atoms with Crippen LogP contribution in [0.25, 0.3) is 0 Å². The van der Waals surface area contributed by atoms with Crippen molar-refractivity contribution in [1.82, 2.24) is 0 Å². The predicted octanol–water partition coefficient (Wildman–Crippen LogP) is 3.22. The number of aldehydes is 1. The van der Waals surface area contributed by atoms with Crippen LogP contribution in [0.15, 0.2) is 0 Å². The van der Waals surface area contributed by atoms with Gasteiger partial charge in [0.1, 0.15) is 6.29 Å². The van der Waals surface area contributed by atoms with Crippen LogP contribution in [0.5, 0.6) is 0 Å². The van der Waals surface area contributed by atoms with E-state index in [0.717, 1.165) is 6.29 Å². The fraction of sp³-hybridized carbons (Fsp3) is 0.875. The third-order valence-electron chi connectivity index (χ3n) is 2.74. The third kappa shape index (κ3) is 2.07. The predicted molar refractivity (Wildman–Crippen MR) is 51.7 cm³/mol. The summed E-state index contributed by atoms with van der Waals surface area (Å²) in [6, 6.07) is 0. The maximum Gasteiger partial charge on any atom is 0.190 e. The van der Waals surface area contributed by atoms with Crippen LogP contribution in [0, 0.1) is 17.3 Å². The lowest BCUT2D eigenvalue weighted by atomic mass is 10.1. The Morgan fingerprint density at radius 1 is 1.42 bits per heavy atom. The highest BCUT2D eigenvalue weighted by atomic mass is 35.6. The lowest BCUT2D eigenvalue weighted by Gasteiger charge is -2.10. The molecule has 0 N–H and O–H groups in total. The molecule has 1 fully saturated rings. The highest BCUT2D eigenvalue weighted by Gasteiger charge is 2.59. The molecule has 0 saturated heterocycles. The first-order valence-corrected chi connectivity index (χ1v) is 4.94. The van der Waals surface area contributed by atoms with Crippen LogP contribution in [0.1, 0.15) is 20.3 Å². The van der Waals surface area contributed by atoms with Gasteiger partial charge in [-0.15, -0.1) is 0 Å². The minimum Gasteiger partial charge on any atom is -0.303 e. The number of hydrogen-bond acceptors (Lipinski definition) is 1. The van der Waals surface area contributed by atoms with Crippen LogP contribution in [0.3, 0.4) is 0 Å². The summed E-state index contributed by atoms with van der Waals surface area (Å²) in [6.07, 6.45) is 1.43. The first-order chi connectivity index (χ1) is 5.29. The fourth-order valence-corrected chi connectivity index (χ4v) is 2.19. The molecule has 1 saturated carbocycles. The number of carbonyl (C=O) groups is 1. The van der Waals surface area contributed by atoms with Gasteiger partial charge in [0.05, 0.1) is 0 Å². The van der Waals surface area contributed by atoms with Crippen molar-refractivity contribution in [2.24, 2.45) is 17.3 Å². The number of halogens is 3. The summed E-state index contributed by atoms with van der Waals surface area (Å²) in [6.45, 7) is 4.04. The van der Waals surface area contributed by atoms with Gasteiger partial charge in [-0.3, -0.25) is 0 Å². The van der Waals surface area contributed by atoms with Gasteiger partial charge in [-0.1, -0.05) is 48.7 Å². The van der Waals surface area contributed by atoms with E-state index in [-0.39, 0.29) is 17.3 Å². The molecule has 0 radical (unpaired) electrons. The van der Waals surface area contributed by atoms with Gasteiger partial charge in [0.2, 0.25) is 0 Å². The van der Waals surface area contributed by atoms with Crippen molar-refractivity contribution >= 4 is 41.1 Å². The van der Waals surface area contributed by atoms with Gasteiger partial charge in [0.15, 0.2) is 3.79 Å². The molecule has 0 spiro atoms. The van der Waals surface area contributed by atoms with E-state index in [1.54, 1.807) is 0 Å². The second-order valence-corrected chi connectivity index (χ2v) is 6.43. The lowest BCUT2D eigenvalue weighted by molar-refractivity contribution is -0.109. The van der Waals surface area contributed by atoms with E-state index < -0.39 is 3.79 Å². The SMILES string of the molecule is CC1(C)C(C=O)C1CC(Cl)(Cl)Cl. The molecule has 70 valence electrons. The van der Waals surface area contributed by atoms with Crippen molar-refractivity contribution < 1.29 is 4.79 Å². The zero-order valence-electron chi connectivity index (χ0n) is 6.98. The summed E-state index contributed by atoms with van der Waals surface area (Å²) >= 11 is 16.9. The van der Waals surface area contributed by atoms with Gasteiger partial charge >= 0.3 is 0 Å². The molecule has 0 aromatic rings. The maximum absolute atomic E-state index is 10.5. The maximum atomic E-state index is 10.5. The average Bonchev–Trinajstić information content (AvgIpc) is 2.30. The van der Waals surface area contributed by atoms with Crippen molar-refractivity contribution in [3.63, 3.8) is 0 Å². The molecule has 1 nitrogen and oxygen atoms in total. The summed E-state index contributed by atoms with van der Waals surface area (Å²) in [5.41, 5.74) is 0.0195. The highest BCUT2D eigenvalue weighted by molar-refractivity contribution is 6.67. The largest absolute Gasteiger partial charge is 0.303 e. The van der Waals surface area contributed by atoms with Crippen LogP contribution >= 0.6 is 34.8 Å². The van der Waals surface area contributed by atoms with Crippen LogP contribution in [-0.4, -0.2) is 10.1 Å². The molecular formula is C8H11Cl3O. The van der Waals surface area contributed by atoms with Crippen molar-refractivity contribution in [1.29, 1.82) is 0 Å². The molecule has 1 rings (SSSR count). The fourth-order valence-electron chi connectivity index (χ4n) is 1.70. The van der Waals surface area contributed by atoms with E-state index in [0.29, 0.717) is 6.42 Å². The Labute approximate surface area is 87.4 Å². The smallest absolute Gasteiger partial charge is 0.190 e. The minimum atomic E-state index is -1.22. The summed E-state index contributed by atoms with van der Waals surface area (Å²) < 4.78 is -1.22. The van der Waals surface area contributed by atoms with Gasteiger partial charge in [0.25, 0.3) is 0 Å². The molecular weight excluding hydrogens is 218 g/mol. The normalized spacial score (nSPS) is 33.1. The monoisotopic (exact) mass is 228 g/mol. The second kappa shape index (κ2) is 3.04. The molecule has 1 aliphatic rings. The Bertz CT molecular complexity index is 195. The van der Waals surface area contributed by atoms with Gasteiger partial charge in [0, 0.05) is 5.92 Å². The van der Waals surface area contributed by atoms with Gasteiger partial charge in [-0.25, -0.2) is 0 Å². The first kappa shape index (κ1) is 10.6. The summed E-state index contributed by atoms with van der Waals surface area (Å²) in [5, 5.41) is 0. The third-order valence-corrected chi connectivity index (χ3v) is 3.20. The molecule has 0 aliphatic heterocycles. The van der Waals surface area contributed by atoms with E-state index in [1.807, 2.05) is 13.8 Å². The number of rotatable bonds is 2. The van der Waals surface area contributed by atoms with Crippen LogP contribution < -0.4 is 0 Å². The Morgan fingerprint density at radius 3 is 2.17 bits per heavy atom. The summed E-state index contributed by atoms with van der Waals surface area (Å²) in [4.78, 5) is 10.5. The van der Waals surface area contributed by atoms with Crippen molar-refractivity contribution in [2.75, 3.05) is 0 Å². The van der Waals surface area contributed by atoms with Crippen LogP contribution in [0.4, 0.5) is 0 Å². The van der Waals surface area contributed by atoms with Crippen molar-refractivity contribution in [3.05, 3.63) is 0 Å². The van der Waals surface area contributed by atoms with Crippen molar-refractivity contribution in [3.8, 4) is 0 Å². The molecule has 0 amide bonds. The van der Waals surface area contributed by atoms with Crippen LogP contribution in [-0.2, 0) is 4.79 Å². The molecule has 0 bridgehead atoms. The molecule has 1 aliphatic carbocycles. The van der Waals surface area contributed by atoms with E-state index in [4.69, 9.17) is 34.8 Å². The zero-order valence-corrected chi connectivity index (χ0v) is 9.25. The number of hydrogen-bond donors (Lipinski definition) is 0. The standard InChI is InChI=1S/C8H11Cl3O/c1-7(2)5(6(7)4-12)3-8(9,10)11/h4-6H,3H2,1-2H3. The van der Waals surface area contributed by atoms with E-state index >= 15 is 0 Å². The minimum absolute atomic E-state index is 0.0195. The van der Waals surface area contributed by atoms with E-state index in [2.05, 4.69) is 0 Å². The summed E-state index contributed by atoms with van der Waals surface area (Å²) in [7, 11) is 0. The zero-order chi connectivity index (χ0) is 9.57. The Balaban J connectivity index is 2.53. The second-order valence-electron chi connectivity index (χ2n) is 3.91. The molecule has 0 aromatic carbocycles. The van der Waals surface area contributed by atoms with Crippen LogP contribution in [0.2, 0.25) is 0 Å². The molecule has 2 atom stereocenters. The molecule has 2 unspecified atom stereocenters. The molecule has 12 heavy (non-hydrogen) atoms. The molecule has 0 heterocycles. The molecule has 4 heteroatoms. The van der Waals surface area contributed by atoms with Gasteiger partial charge < -0.3 is 4.79 Å². The van der Waals surface area contributed by atoms with Crippen molar-refractivity contribution in [2.45, 2.75) is 24.1 Å². The Morgan fingerprint density at radius 2 is 1.92 bits per heavy atom. The molecule has 0 aromatic heterocycles. The van der Waals surface area contributed by atoms with E-state index in [9.17, 15) is 4.79 Å². The number of alkyl halides is 3. The van der Waals surface area contributed by atoms with Gasteiger partial charge in [-0.05, 0) is 17.8 Å². The highest BCUT2D eigenvalue weighted by Crippen LogP contribution is 2.61. The lowest BCUT2D eigenvalue weighted by Crippen LogP contribution is -2.05. The Hall–Kier alpha value is 0.540. The first-order valence-electron chi connectivity index (χ1n) is 3.81.